The van der Waals surface area contributed by atoms with Gasteiger partial charge in [-0.2, -0.15) is 0 Å². The predicted molar refractivity (Wildman–Crippen MR) is 143 cm³/mol. The van der Waals surface area contributed by atoms with E-state index < -0.39 is 16.1 Å². The minimum Gasteiger partial charge on any atom is -0.507 e. The maximum Gasteiger partial charge on any atom is 0.235 e. The lowest BCUT2D eigenvalue weighted by Crippen LogP contribution is -2.40. The quantitative estimate of drug-likeness (QED) is 0.332. The zero-order chi connectivity index (χ0) is 26.0. The molecule has 36 heavy (non-hydrogen) atoms. The van der Waals surface area contributed by atoms with Crippen LogP contribution in [0.1, 0.15) is 43.4 Å². The van der Waals surface area contributed by atoms with E-state index in [0.29, 0.717) is 34.8 Å². The number of phenols is 1. The van der Waals surface area contributed by atoms with E-state index in [4.69, 9.17) is 21.3 Å². The summed E-state index contributed by atoms with van der Waals surface area (Å²) >= 11 is 0. The van der Waals surface area contributed by atoms with Crippen LogP contribution in [0.4, 0.5) is 5.69 Å². The number of nitrogen functional groups attached to an aromatic ring is 1. The van der Waals surface area contributed by atoms with E-state index >= 15 is 0 Å². The molecule has 5 N–H and O–H groups in total. The van der Waals surface area contributed by atoms with Crippen LogP contribution in [-0.2, 0) is 16.4 Å². The lowest BCUT2D eigenvalue weighted by molar-refractivity contribution is 0.130. The van der Waals surface area contributed by atoms with Gasteiger partial charge < -0.3 is 20.5 Å². The van der Waals surface area contributed by atoms with Crippen molar-refractivity contribution in [3.05, 3.63) is 59.2 Å². The molecule has 192 valence electrons. The first-order chi connectivity index (χ1) is 17.1. The monoisotopic (exact) mass is 511 g/mol. The number of ether oxygens (including phenoxy) is 1. The summed E-state index contributed by atoms with van der Waals surface area (Å²) in [7, 11) is -3.55. The summed E-state index contributed by atoms with van der Waals surface area (Å²) < 4.78 is 33.7. The van der Waals surface area contributed by atoms with Crippen molar-refractivity contribution in [2.75, 3.05) is 23.1 Å². The lowest BCUT2D eigenvalue weighted by Gasteiger charge is -2.32. The van der Waals surface area contributed by atoms with Crippen LogP contribution in [0, 0.1) is 10.8 Å². The van der Waals surface area contributed by atoms with E-state index in [2.05, 4.69) is 0 Å². The smallest absolute Gasteiger partial charge is 0.235 e. The molecular formula is C26H33N5O4S. The molecule has 2 aliphatic heterocycles. The molecule has 1 fully saturated rings. The van der Waals surface area contributed by atoms with Crippen LogP contribution in [0.3, 0.4) is 0 Å². The summed E-state index contributed by atoms with van der Waals surface area (Å²) in [6, 6.07) is 9.72. The number of benzene rings is 2. The van der Waals surface area contributed by atoms with Gasteiger partial charge in [0.05, 0.1) is 23.3 Å². The first-order valence-electron chi connectivity index (χ1n) is 12.1. The standard InChI is InChI=1S/C26H33N5O4S/c1-3-36(33,34)31-21(6-4-18-14-19(26(28)29)5-9-25(18)32)15-20-16-23(7-8-24(20)31)35-22-10-12-30(13-11-22)17(2)27/h4-9,14,16,21-22,27,32H,3,10-13,15H2,1-2H3,(H3,28,29)/b6-4+,27-17?. The maximum absolute atomic E-state index is 13.0. The molecule has 2 aliphatic rings. The number of aromatic hydroxyl groups is 1. The molecule has 0 bridgehead atoms. The summed E-state index contributed by atoms with van der Waals surface area (Å²) in [6.07, 6.45) is 5.63. The Labute approximate surface area is 212 Å². The van der Waals surface area contributed by atoms with Crippen molar-refractivity contribution >= 4 is 33.5 Å². The number of likely N-dealkylation sites (tertiary alicyclic amines) is 1. The summed E-state index contributed by atoms with van der Waals surface area (Å²) in [4.78, 5) is 2.04. The number of nitrogens with zero attached hydrogens (tertiary/aromatic N) is 2. The average molecular weight is 512 g/mol. The number of rotatable bonds is 7. The van der Waals surface area contributed by atoms with Gasteiger partial charge in [0.25, 0.3) is 0 Å². The van der Waals surface area contributed by atoms with Crippen LogP contribution in [0.5, 0.6) is 11.5 Å². The highest BCUT2D eigenvalue weighted by Crippen LogP contribution is 2.38. The molecular weight excluding hydrogens is 478 g/mol. The third-order valence-electron chi connectivity index (χ3n) is 6.74. The predicted octanol–water partition coefficient (Wildman–Crippen LogP) is 3.31. The summed E-state index contributed by atoms with van der Waals surface area (Å²) in [5, 5.41) is 25.7. The second kappa shape index (κ2) is 10.2. The molecule has 0 amide bonds. The van der Waals surface area contributed by atoms with E-state index in [0.717, 1.165) is 31.5 Å². The molecule has 4 rings (SSSR count). The number of fused-ring (bicyclic) bond motifs is 1. The molecule has 0 aliphatic carbocycles. The van der Waals surface area contributed by atoms with Crippen molar-refractivity contribution in [3.63, 3.8) is 0 Å². The van der Waals surface area contributed by atoms with Crippen molar-refractivity contribution < 1.29 is 18.3 Å². The Morgan fingerprint density at radius 2 is 1.92 bits per heavy atom. The van der Waals surface area contributed by atoms with Crippen molar-refractivity contribution in [2.45, 2.75) is 45.3 Å². The fourth-order valence-electron chi connectivity index (χ4n) is 4.71. The highest BCUT2D eigenvalue weighted by molar-refractivity contribution is 7.92. The zero-order valence-corrected chi connectivity index (χ0v) is 21.4. The van der Waals surface area contributed by atoms with Gasteiger partial charge in [0.1, 0.15) is 23.4 Å². The number of hydrogen-bond acceptors (Lipinski definition) is 6. The molecule has 0 aromatic heterocycles. The van der Waals surface area contributed by atoms with E-state index in [1.165, 1.54) is 10.4 Å². The SMILES string of the molecule is CCS(=O)(=O)N1c2ccc(OC3CCN(C(C)=N)CC3)cc2CC1/C=C/c1cc(C(=N)N)ccc1O. The van der Waals surface area contributed by atoms with Crippen molar-refractivity contribution in [1.29, 1.82) is 10.8 Å². The first-order valence-corrected chi connectivity index (χ1v) is 13.7. The van der Waals surface area contributed by atoms with Gasteiger partial charge >= 0.3 is 0 Å². The van der Waals surface area contributed by atoms with Gasteiger partial charge in [0.2, 0.25) is 10.0 Å². The molecule has 1 saturated heterocycles. The van der Waals surface area contributed by atoms with Crippen LogP contribution in [-0.4, -0.2) is 61.1 Å². The number of hydrogen-bond donors (Lipinski definition) is 4. The van der Waals surface area contributed by atoms with E-state index in [1.807, 2.05) is 17.0 Å². The minimum atomic E-state index is -3.55. The molecule has 0 radical (unpaired) electrons. The topological polar surface area (TPSA) is 144 Å². The average Bonchev–Trinajstić information content (AvgIpc) is 3.22. The first kappa shape index (κ1) is 25.6. The Bertz CT molecular complexity index is 1300. The molecule has 2 aromatic rings. The van der Waals surface area contributed by atoms with Crippen molar-refractivity contribution in [3.8, 4) is 11.5 Å². The number of anilines is 1. The molecule has 0 spiro atoms. The van der Waals surface area contributed by atoms with Gasteiger partial charge in [-0.15, -0.1) is 0 Å². The lowest BCUT2D eigenvalue weighted by atomic mass is 10.1. The molecule has 1 unspecified atom stereocenters. The second-order valence-electron chi connectivity index (χ2n) is 9.19. The molecule has 0 saturated carbocycles. The highest BCUT2D eigenvalue weighted by Gasteiger charge is 2.35. The number of nitrogens with two attached hydrogens (primary N) is 1. The Morgan fingerprint density at radius 3 is 2.56 bits per heavy atom. The van der Waals surface area contributed by atoms with Gasteiger partial charge in [-0.25, -0.2) is 8.42 Å². The Balaban J connectivity index is 1.57. The third kappa shape index (κ3) is 5.33. The van der Waals surface area contributed by atoms with Crippen molar-refractivity contribution in [2.24, 2.45) is 5.73 Å². The fourth-order valence-corrected chi connectivity index (χ4v) is 6.03. The largest absolute Gasteiger partial charge is 0.507 e. The Morgan fingerprint density at radius 1 is 1.19 bits per heavy atom. The normalized spacial score (nSPS) is 18.4. The molecule has 2 heterocycles. The minimum absolute atomic E-state index is 0.0246. The summed E-state index contributed by atoms with van der Waals surface area (Å²) in [5.41, 5.74) is 8.03. The van der Waals surface area contributed by atoms with Crippen LogP contribution in [0.15, 0.2) is 42.5 Å². The third-order valence-corrected chi connectivity index (χ3v) is 8.54. The highest BCUT2D eigenvalue weighted by atomic mass is 32.2. The molecule has 1 atom stereocenters. The van der Waals surface area contributed by atoms with Gasteiger partial charge in [-0.05, 0) is 62.2 Å². The van der Waals surface area contributed by atoms with Crippen LogP contribution < -0.4 is 14.8 Å². The van der Waals surface area contributed by atoms with Gasteiger partial charge in [-0.3, -0.25) is 15.1 Å². The number of piperidine rings is 1. The molecule has 9 nitrogen and oxygen atoms in total. The zero-order valence-electron chi connectivity index (χ0n) is 20.6. The maximum atomic E-state index is 13.0. The molecule has 2 aromatic carbocycles. The molecule has 10 heteroatoms. The van der Waals surface area contributed by atoms with E-state index in [9.17, 15) is 13.5 Å². The van der Waals surface area contributed by atoms with Gasteiger partial charge in [-0.1, -0.05) is 12.2 Å². The van der Waals surface area contributed by atoms with Crippen LogP contribution in [0.2, 0.25) is 0 Å². The van der Waals surface area contributed by atoms with Crippen LogP contribution in [0.25, 0.3) is 6.08 Å². The number of nitrogens with one attached hydrogen (secondary N) is 2. The van der Waals surface area contributed by atoms with E-state index in [-0.39, 0.29) is 23.4 Å². The van der Waals surface area contributed by atoms with Crippen molar-refractivity contribution in [1.82, 2.24) is 4.90 Å². The number of sulfonamides is 1. The van der Waals surface area contributed by atoms with Gasteiger partial charge in [0.15, 0.2) is 0 Å². The Hall–Kier alpha value is -3.53. The fraction of sp³-hybridized carbons (Fsp3) is 0.385. The number of amidine groups is 2. The van der Waals surface area contributed by atoms with Gasteiger partial charge in [0, 0.05) is 37.1 Å². The summed E-state index contributed by atoms with van der Waals surface area (Å²) in [6.45, 7) is 5.00. The summed E-state index contributed by atoms with van der Waals surface area (Å²) in [5.74, 6) is 1.16. The van der Waals surface area contributed by atoms with Crippen LogP contribution >= 0.6 is 0 Å². The Kier molecular flexibility index (Phi) is 7.26. The number of phenolic OH excluding ortho intramolecular Hbond substituents is 1. The second-order valence-corrected chi connectivity index (χ2v) is 11.3. The van der Waals surface area contributed by atoms with E-state index in [1.54, 1.807) is 44.2 Å².